The largest absolute Gasteiger partial charge is 0.355 e. The molecule has 0 aliphatic rings. The number of aromatic nitrogens is 1. The smallest absolute Gasteiger partial charge is 0.234 e. The van der Waals surface area contributed by atoms with Gasteiger partial charge in [0, 0.05) is 18.8 Å². The highest BCUT2D eigenvalue weighted by molar-refractivity contribution is 5.78. The van der Waals surface area contributed by atoms with Crippen LogP contribution in [0.1, 0.15) is 38.4 Å². The van der Waals surface area contributed by atoms with Crippen LogP contribution in [0.4, 0.5) is 0 Å². The van der Waals surface area contributed by atoms with Crippen molar-refractivity contribution in [2.24, 2.45) is 5.73 Å². The van der Waals surface area contributed by atoms with Gasteiger partial charge in [0.1, 0.15) is 0 Å². The lowest BCUT2D eigenvalue weighted by Crippen LogP contribution is -2.44. The molecule has 0 aliphatic heterocycles. The second-order valence-corrected chi connectivity index (χ2v) is 5.04. The molecule has 0 bridgehead atoms. The molecule has 0 aromatic carbocycles. The molecule has 0 spiro atoms. The fraction of sp³-hybridized carbons (Fsp3) is 0.600. The van der Waals surface area contributed by atoms with E-state index in [1.54, 1.807) is 6.20 Å². The average molecular weight is 278 g/mol. The molecular weight excluding hydrogens is 252 g/mol. The molecule has 1 amide bonds. The molecule has 1 rings (SSSR count). The Balaban J connectivity index is 2.76. The number of hydrogen-bond donors (Lipinski definition) is 2. The predicted molar refractivity (Wildman–Crippen MR) is 81.2 cm³/mol. The monoisotopic (exact) mass is 278 g/mol. The maximum Gasteiger partial charge on any atom is 0.234 e. The Kier molecular flexibility index (Phi) is 7.18. The van der Waals surface area contributed by atoms with Gasteiger partial charge in [0.05, 0.1) is 18.3 Å². The van der Waals surface area contributed by atoms with Crippen LogP contribution in [0.3, 0.4) is 0 Å². The van der Waals surface area contributed by atoms with Crippen LogP contribution >= 0.6 is 0 Å². The van der Waals surface area contributed by atoms with E-state index >= 15 is 0 Å². The minimum atomic E-state index is -0.0476. The Bertz CT molecular complexity index is 396. The number of nitrogens with one attached hydrogen (secondary N) is 1. The number of rotatable bonds is 8. The topological polar surface area (TPSA) is 71.2 Å². The van der Waals surface area contributed by atoms with Gasteiger partial charge in [-0.2, -0.15) is 0 Å². The lowest BCUT2D eigenvalue weighted by atomic mass is 10.0. The van der Waals surface area contributed by atoms with Gasteiger partial charge in [-0.05, 0) is 32.0 Å². The number of hydrogen-bond acceptors (Lipinski definition) is 4. The van der Waals surface area contributed by atoms with E-state index in [2.05, 4.69) is 10.3 Å². The Morgan fingerprint density at radius 1 is 1.45 bits per heavy atom. The van der Waals surface area contributed by atoms with Crippen LogP contribution in [0.15, 0.2) is 24.4 Å². The molecule has 0 radical (unpaired) electrons. The van der Waals surface area contributed by atoms with Crippen molar-refractivity contribution in [3.63, 3.8) is 0 Å². The van der Waals surface area contributed by atoms with Crippen LogP contribution < -0.4 is 11.1 Å². The Morgan fingerprint density at radius 3 is 2.75 bits per heavy atom. The molecule has 20 heavy (non-hydrogen) atoms. The van der Waals surface area contributed by atoms with Gasteiger partial charge in [-0.3, -0.25) is 14.7 Å². The standard InChI is InChI=1S/C15H26N4O/c1-4-9-18-14(20)11-19(3)15(12(16)5-2)13-8-6-7-10-17-13/h6-8,10,12,15H,4-5,9,11,16H2,1-3H3,(H,18,20). The molecule has 1 heterocycles. The first-order valence-corrected chi connectivity index (χ1v) is 7.23. The molecule has 0 saturated heterocycles. The minimum absolute atomic E-state index is 0.0265. The summed E-state index contributed by atoms with van der Waals surface area (Å²) < 4.78 is 0. The number of nitrogens with two attached hydrogens (primary N) is 1. The van der Waals surface area contributed by atoms with Crippen LogP contribution in [0.25, 0.3) is 0 Å². The maximum atomic E-state index is 11.8. The van der Waals surface area contributed by atoms with Crippen molar-refractivity contribution >= 4 is 5.91 Å². The van der Waals surface area contributed by atoms with Gasteiger partial charge >= 0.3 is 0 Å². The van der Waals surface area contributed by atoms with E-state index in [9.17, 15) is 4.79 Å². The van der Waals surface area contributed by atoms with E-state index in [4.69, 9.17) is 5.73 Å². The fourth-order valence-corrected chi connectivity index (χ4v) is 2.19. The second kappa shape index (κ2) is 8.66. The minimum Gasteiger partial charge on any atom is -0.355 e. The Morgan fingerprint density at radius 2 is 2.20 bits per heavy atom. The van der Waals surface area contributed by atoms with E-state index in [0.717, 1.165) is 18.5 Å². The van der Waals surface area contributed by atoms with Crippen molar-refractivity contribution in [1.82, 2.24) is 15.2 Å². The van der Waals surface area contributed by atoms with Gasteiger partial charge < -0.3 is 11.1 Å². The molecule has 0 saturated carbocycles. The molecule has 1 aromatic rings. The molecular formula is C15H26N4O. The highest BCUT2D eigenvalue weighted by Gasteiger charge is 2.25. The lowest BCUT2D eigenvalue weighted by Gasteiger charge is -2.31. The number of nitrogens with zero attached hydrogens (tertiary/aromatic N) is 2. The third-order valence-electron chi connectivity index (χ3n) is 3.31. The summed E-state index contributed by atoms with van der Waals surface area (Å²) in [5.74, 6) is 0.0265. The zero-order valence-electron chi connectivity index (χ0n) is 12.7. The first-order valence-electron chi connectivity index (χ1n) is 7.23. The van der Waals surface area contributed by atoms with Crippen molar-refractivity contribution < 1.29 is 4.79 Å². The molecule has 5 heteroatoms. The number of likely N-dealkylation sites (N-methyl/N-ethyl adjacent to an activating group) is 1. The normalized spacial score (nSPS) is 14.1. The first-order chi connectivity index (χ1) is 9.60. The van der Waals surface area contributed by atoms with Crippen LogP contribution in [-0.4, -0.2) is 42.0 Å². The van der Waals surface area contributed by atoms with Crippen LogP contribution in [0, 0.1) is 0 Å². The summed E-state index contributed by atoms with van der Waals surface area (Å²) >= 11 is 0. The summed E-state index contributed by atoms with van der Waals surface area (Å²) in [5, 5.41) is 2.88. The number of amides is 1. The van der Waals surface area contributed by atoms with E-state index in [1.165, 1.54) is 0 Å². The summed E-state index contributed by atoms with van der Waals surface area (Å²) in [5.41, 5.74) is 7.12. The number of carbonyl (C=O) groups excluding carboxylic acids is 1. The van der Waals surface area contributed by atoms with Crippen LogP contribution in [0.5, 0.6) is 0 Å². The maximum absolute atomic E-state index is 11.8. The molecule has 5 nitrogen and oxygen atoms in total. The van der Waals surface area contributed by atoms with Crippen molar-refractivity contribution in [2.75, 3.05) is 20.1 Å². The summed E-state index contributed by atoms with van der Waals surface area (Å²) in [6.07, 6.45) is 3.53. The average Bonchev–Trinajstić information content (AvgIpc) is 2.46. The van der Waals surface area contributed by atoms with Gasteiger partial charge in [0.15, 0.2) is 0 Å². The van der Waals surface area contributed by atoms with Crippen LogP contribution in [-0.2, 0) is 4.79 Å². The van der Waals surface area contributed by atoms with Crippen molar-refractivity contribution in [1.29, 1.82) is 0 Å². The quantitative estimate of drug-likeness (QED) is 0.752. The predicted octanol–water partition coefficient (Wildman–Crippen LogP) is 1.32. The molecule has 0 fully saturated rings. The molecule has 0 aliphatic carbocycles. The van der Waals surface area contributed by atoms with Gasteiger partial charge in [-0.15, -0.1) is 0 Å². The summed E-state index contributed by atoms with van der Waals surface area (Å²) in [6.45, 7) is 5.12. The zero-order valence-corrected chi connectivity index (χ0v) is 12.7. The third kappa shape index (κ3) is 4.90. The van der Waals surface area contributed by atoms with Crippen molar-refractivity contribution in [3.8, 4) is 0 Å². The Labute approximate surface area is 121 Å². The van der Waals surface area contributed by atoms with Gasteiger partial charge in [0.25, 0.3) is 0 Å². The number of carbonyl (C=O) groups is 1. The lowest BCUT2D eigenvalue weighted by molar-refractivity contribution is -0.122. The van der Waals surface area contributed by atoms with E-state index in [0.29, 0.717) is 13.1 Å². The molecule has 2 unspecified atom stereocenters. The molecule has 1 aromatic heterocycles. The van der Waals surface area contributed by atoms with Crippen molar-refractivity contribution in [3.05, 3.63) is 30.1 Å². The summed E-state index contributed by atoms with van der Waals surface area (Å²) in [6, 6.07) is 5.69. The SMILES string of the molecule is CCCNC(=O)CN(C)C(c1ccccn1)C(N)CC. The first kappa shape index (κ1) is 16.6. The fourth-order valence-electron chi connectivity index (χ4n) is 2.19. The third-order valence-corrected chi connectivity index (χ3v) is 3.31. The van der Waals surface area contributed by atoms with E-state index in [-0.39, 0.29) is 18.0 Å². The Hall–Kier alpha value is -1.46. The van der Waals surface area contributed by atoms with E-state index < -0.39 is 0 Å². The number of pyridine rings is 1. The summed E-state index contributed by atoms with van der Waals surface area (Å²) in [4.78, 5) is 18.2. The van der Waals surface area contributed by atoms with Crippen LogP contribution in [0.2, 0.25) is 0 Å². The van der Waals surface area contributed by atoms with Gasteiger partial charge in [-0.25, -0.2) is 0 Å². The van der Waals surface area contributed by atoms with E-state index in [1.807, 2.05) is 44.0 Å². The molecule has 2 atom stereocenters. The zero-order chi connectivity index (χ0) is 15.0. The van der Waals surface area contributed by atoms with Gasteiger partial charge in [-0.1, -0.05) is 19.9 Å². The van der Waals surface area contributed by atoms with Gasteiger partial charge in [0.2, 0.25) is 5.91 Å². The highest BCUT2D eigenvalue weighted by atomic mass is 16.2. The second-order valence-electron chi connectivity index (χ2n) is 5.04. The summed E-state index contributed by atoms with van der Waals surface area (Å²) in [7, 11) is 1.92. The van der Waals surface area contributed by atoms with Crippen molar-refractivity contribution in [2.45, 2.75) is 38.8 Å². The highest BCUT2D eigenvalue weighted by Crippen LogP contribution is 2.21. The molecule has 3 N–H and O–H groups in total. The molecule has 112 valence electrons.